The fourth-order valence-corrected chi connectivity index (χ4v) is 2.57. The zero-order chi connectivity index (χ0) is 14.5. The Morgan fingerprint density at radius 1 is 1.45 bits per heavy atom. The van der Waals surface area contributed by atoms with Crippen LogP contribution in [0.25, 0.3) is 11.3 Å². The summed E-state index contributed by atoms with van der Waals surface area (Å²) in [4.78, 5) is 2.15. The minimum Gasteiger partial charge on any atom is -0.493 e. The lowest BCUT2D eigenvalue weighted by Crippen LogP contribution is -2.15. The molecule has 0 atom stereocenters. The molecule has 0 saturated carbocycles. The van der Waals surface area contributed by atoms with Crippen LogP contribution in [0.3, 0.4) is 0 Å². The van der Waals surface area contributed by atoms with E-state index in [1.165, 1.54) is 0 Å². The van der Waals surface area contributed by atoms with Crippen molar-refractivity contribution < 1.29 is 4.74 Å². The fraction of sp³-hybridized carbons (Fsp3) is 0.400. The number of nitrogens with zero attached hydrogens (tertiary/aromatic N) is 3. The van der Waals surface area contributed by atoms with Gasteiger partial charge in [0.2, 0.25) is 0 Å². The maximum atomic E-state index is 5.91. The van der Waals surface area contributed by atoms with E-state index in [-0.39, 0.29) is 0 Å². The minimum atomic E-state index is 0.699. The summed E-state index contributed by atoms with van der Waals surface area (Å²) in [5.41, 5.74) is 2.01. The molecule has 2 aromatic rings. The standard InChI is InChI=1S/C15H19BrN3O/c1-18(2)9-6-10-20-14-8-5-4-7-12(14)15-13(16)11-17-19(15)3/h5,7-8,11H,6,9-10H2,1-3H3. The van der Waals surface area contributed by atoms with Gasteiger partial charge in [0.1, 0.15) is 5.75 Å². The Hall–Kier alpha value is -1.33. The maximum Gasteiger partial charge on any atom is 0.128 e. The van der Waals surface area contributed by atoms with Crippen LogP contribution in [-0.4, -0.2) is 41.9 Å². The highest BCUT2D eigenvalue weighted by Gasteiger charge is 2.13. The maximum absolute atomic E-state index is 5.91. The van der Waals surface area contributed by atoms with E-state index in [1.54, 1.807) is 6.20 Å². The SMILES string of the molecule is CN(C)CCCOc1cc[c]cc1-c1c(Br)cnn1C. The number of halogens is 1. The van der Waals surface area contributed by atoms with Gasteiger partial charge in [-0.1, -0.05) is 6.07 Å². The zero-order valence-corrected chi connectivity index (χ0v) is 13.6. The number of rotatable bonds is 6. The molecule has 1 heterocycles. The van der Waals surface area contributed by atoms with Gasteiger partial charge < -0.3 is 9.64 Å². The zero-order valence-electron chi connectivity index (χ0n) is 12.1. The summed E-state index contributed by atoms with van der Waals surface area (Å²) in [5, 5.41) is 4.25. The van der Waals surface area contributed by atoms with E-state index in [1.807, 2.05) is 29.9 Å². The Kier molecular flexibility index (Phi) is 5.20. The third kappa shape index (κ3) is 3.61. The Morgan fingerprint density at radius 2 is 2.25 bits per heavy atom. The van der Waals surface area contributed by atoms with E-state index in [4.69, 9.17) is 4.74 Å². The highest BCUT2D eigenvalue weighted by molar-refractivity contribution is 9.10. The van der Waals surface area contributed by atoms with Crippen molar-refractivity contribution >= 4 is 15.9 Å². The van der Waals surface area contributed by atoms with Gasteiger partial charge in [0.05, 0.1) is 23.0 Å². The number of aromatic nitrogens is 2. The van der Waals surface area contributed by atoms with Crippen LogP contribution in [-0.2, 0) is 7.05 Å². The average Bonchev–Trinajstić information content (AvgIpc) is 2.75. The predicted molar refractivity (Wildman–Crippen MR) is 83.8 cm³/mol. The second kappa shape index (κ2) is 6.90. The quantitative estimate of drug-likeness (QED) is 0.759. The van der Waals surface area contributed by atoms with Crippen molar-refractivity contribution in [3.8, 4) is 17.0 Å². The lowest BCUT2D eigenvalue weighted by Gasteiger charge is -2.13. The Bertz CT molecular complexity index is 546. The van der Waals surface area contributed by atoms with Crippen LogP contribution in [0.1, 0.15) is 6.42 Å². The minimum absolute atomic E-state index is 0.699. The van der Waals surface area contributed by atoms with Crippen LogP contribution in [0.5, 0.6) is 5.75 Å². The molecule has 0 unspecified atom stereocenters. The normalized spacial score (nSPS) is 11.1. The average molecular weight is 337 g/mol. The van der Waals surface area contributed by atoms with Crippen molar-refractivity contribution in [1.82, 2.24) is 14.7 Å². The molecule has 1 aromatic heterocycles. The summed E-state index contributed by atoms with van der Waals surface area (Å²) in [6.45, 7) is 1.72. The van der Waals surface area contributed by atoms with Gasteiger partial charge in [-0.2, -0.15) is 5.10 Å². The van der Waals surface area contributed by atoms with Gasteiger partial charge in [-0.3, -0.25) is 4.68 Å². The number of hydrogen-bond donors (Lipinski definition) is 0. The van der Waals surface area contributed by atoms with E-state index in [2.05, 4.69) is 46.1 Å². The summed E-state index contributed by atoms with van der Waals surface area (Å²) in [7, 11) is 6.05. The second-order valence-corrected chi connectivity index (χ2v) is 5.75. The van der Waals surface area contributed by atoms with Crippen molar-refractivity contribution in [3.05, 3.63) is 34.9 Å². The van der Waals surface area contributed by atoms with Gasteiger partial charge in [-0.15, -0.1) is 0 Å². The van der Waals surface area contributed by atoms with Crippen LogP contribution >= 0.6 is 15.9 Å². The van der Waals surface area contributed by atoms with Gasteiger partial charge in [0.15, 0.2) is 0 Å². The highest BCUT2D eigenvalue weighted by atomic mass is 79.9. The number of aryl methyl sites for hydroxylation is 1. The van der Waals surface area contributed by atoms with E-state index in [0.717, 1.165) is 34.4 Å². The van der Waals surface area contributed by atoms with Gasteiger partial charge in [-0.05, 0) is 54.6 Å². The molecule has 0 bridgehead atoms. The van der Waals surface area contributed by atoms with Gasteiger partial charge in [-0.25, -0.2) is 0 Å². The number of hydrogen-bond acceptors (Lipinski definition) is 3. The van der Waals surface area contributed by atoms with E-state index < -0.39 is 0 Å². The third-order valence-corrected chi connectivity index (χ3v) is 3.56. The Labute approximate surface area is 128 Å². The molecule has 0 spiro atoms. The Balaban J connectivity index is 2.15. The summed E-state index contributed by atoms with van der Waals surface area (Å²) in [6.07, 6.45) is 2.79. The molecule has 0 saturated heterocycles. The van der Waals surface area contributed by atoms with E-state index >= 15 is 0 Å². The molecule has 107 valence electrons. The fourth-order valence-electron chi connectivity index (χ4n) is 2.00. The molecule has 0 aliphatic carbocycles. The lowest BCUT2D eigenvalue weighted by molar-refractivity contribution is 0.282. The summed E-state index contributed by atoms with van der Waals surface area (Å²) < 4.78 is 8.70. The summed E-state index contributed by atoms with van der Waals surface area (Å²) >= 11 is 3.53. The van der Waals surface area contributed by atoms with Gasteiger partial charge in [0.25, 0.3) is 0 Å². The molecule has 0 aliphatic rings. The highest BCUT2D eigenvalue weighted by Crippen LogP contribution is 2.34. The molecule has 4 nitrogen and oxygen atoms in total. The van der Waals surface area contributed by atoms with Gasteiger partial charge >= 0.3 is 0 Å². The van der Waals surface area contributed by atoms with Gasteiger partial charge in [0, 0.05) is 19.2 Å². The van der Waals surface area contributed by atoms with Crippen LogP contribution in [0.15, 0.2) is 28.9 Å². The molecule has 1 radical (unpaired) electrons. The van der Waals surface area contributed by atoms with Crippen molar-refractivity contribution in [3.63, 3.8) is 0 Å². The number of benzene rings is 1. The first-order valence-corrected chi connectivity index (χ1v) is 7.34. The number of ether oxygens (including phenoxy) is 1. The second-order valence-electron chi connectivity index (χ2n) is 4.89. The summed E-state index contributed by atoms with van der Waals surface area (Å²) in [5.74, 6) is 0.867. The lowest BCUT2D eigenvalue weighted by atomic mass is 10.1. The first-order valence-electron chi connectivity index (χ1n) is 6.55. The first-order chi connectivity index (χ1) is 9.59. The topological polar surface area (TPSA) is 30.3 Å². The van der Waals surface area contributed by atoms with Crippen molar-refractivity contribution in [2.45, 2.75) is 6.42 Å². The largest absolute Gasteiger partial charge is 0.493 e. The summed E-state index contributed by atoms with van der Waals surface area (Å²) in [6, 6.07) is 8.86. The monoisotopic (exact) mass is 336 g/mol. The van der Waals surface area contributed by atoms with E-state index in [9.17, 15) is 0 Å². The van der Waals surface area contributed by atoms with Crippen molar-refractivity contribution in [2.24, 2.45) is 7.05 Å². The third-order valence-electron chi connectivity index (χ3n) is 2.98. The van der Waals surface area contributed by atoms with Crippen LogP contribution < -0.4 is 4.74 Å². The molecule has 1 aromatic carbocycles. The molecule has 0 fully saturated rings. The molecular weight excluding hydrogens is 318 g/mol. The Morgan fingerprint density at radius 3 is 2.90 bits per heavy atom. The molecular formula is C15H19BrN3O. The van der Waals surface area contributed by atoms with Crippen molar-refractivity contribution in [1.29, 1.82) is 0 Å². The van der Waals surface area contributed by atoms with Crippen LogP contribution in [0.2, 0.25) is 0 Å². The van der Waals surface area contributed by atoms with Crippen molar-refractivity contribution in [2.75, 3.05) is 27.2 Å². The smallest absolute Gasteiger partial charge is 0.128 e. The van der Waals surface area contributed by atoms with E-state index in [0.29, 0.717) is 6.61 Å². The molecule has 5 heteroatoms. The first kappa shape index (κ1) is 15.1. The van der Waals surface area contributed by atoms with Crippen LogP contribution in [0, 0.1) is 6.07 Å². The van der Waals surface area contributed by atoms with Crippen LogP contribution in [0.4, 0.5) is 0 Å². The molecule has 0 N–H and O–H groups in total. The molecule has 2 rings (SSSR count). The molecule has 0 aliphatic heterocycles. The molecule has 20 heavy (non-hydrogen) atoms. The predicted octanol–water partition coefficient (Wildman–Crippen LogP) is 2.98. The molecule has 0 amide bonds.